The van der Waals surface area contributed by atoms with Gasteiger partial charge in [-0.2, -0.15) is 0 Å². The zero-order valence-electron chi connectivity index (χ0n) is 30.2. The molecule has 0 aromatic heterocycles. The van der Waals surface area contributed by atoms with Crippen molar-refractivity contribution in [2.45, 2.75) is 43.6 Å². The Hall–Kier alpha value is -6.12. The van der Waals surface area contributed by atoms with Crippen LogP contribution in [-0.4, -0.2) is 6.04 Å². The second-order valence-corrected chi connectivity index (χ2v) is 15.3. The van der Waals surface area contributed by atoms with Gasteiger partial charge in [-0.3, -0.25) is 0 Å². The fourth-order valence-electron chi connectivity index (χ4n) is 9.21. The van der Waals surface area contributed by atoms with E-state index in [2.05, 4.69) is 212 Å². The molecular weight excluding hydrogens is 641 g/mol. The minimum atomic E-state index is -0.0766. The zero-order valence-corrected chi connectivity index (χ0v) is 30.2. The van der Waals surface area contributed by atoms with E-state index in [1.165, 1.54) is 61.6 Å². The van der Waals surface area contributed by atoms with Crippen molar-refractivity contribution in [3.8, 4) is 22.3 Å². The third-order valence-electron chi connectivity index (χ3n) is 11.9. The Morgan fingerprint density at radius 1 is 0.566 bits per heavy atom. The Labute approximate surface area is 313 Å². The Morgan fingerprint density at radius 3 is 2.11 bits per heavy atom. The van der Waals surface area contributed by atoms with Gasteiger partial charge in [0.25, 0.3) is 0 Å². The molecule has 0 fully saturated rings. The average molecular weight is 683 g/mol. The molecule has 1 aliphatic heterocycles. The minimum Gasteiger partial charge on any atom is -0.333 e. The molecule has 0 amide bonds. The van der Waals surface area contributed by atoms with Gasteiger partial charge in [-0.25, -0.2) is 0 Å². The van der Waals surface area contributed by atoms with Gasteiger partial charge in [0.05, 0.1) is 6.04 Å². The Bertz CT molecular complexity index is 2480. The molecule has 3 unspecified atom stereocenters. The van der Waals surface area contributed by atoms with Crippen molar-refractivity contribution >= 4 is 28.4 Å². The number of rotatable bonds is 6. The van der Waals surface area contributed by atoms with Crippen LogP contribution in [0.3, 0.4) is 0 Å². The van der Waals surface area contributed by atoms with Crippen molar-refractivity contribution in [3.63, 3.8) is 0 Å². The van der Waals surface area contributed by atoms with E-state index >= 15 is 0 Å². The molecule has 3 atom stereocenters. The first-order chi connectivity index (χ1) is 26.0. The molecular formula is C51H42N2. The van der Waals surface area contributed by atoms with Gasteiger partial charge in [0.2, 0.25) is 0 Å². The van der Waals surface area contributed by atoms with Gasteiger partial charge in [0.1, 0.15) is 0 Å². The molecule has 6 aromatic rings. The summed E-state index contributed by atoms with van der Waals surface area (Å²) in [5.74, 6) is 0.788. The summed E-state index contributed by atoms with van der Waals surface area (Å²) in [5.41, 5.74) is 16.5. The first kappa shape index (κ1) is 31.6. The summed E-state index contributed by atoms with van der Waals surface area (Å²) in [6.45, 7) is 4.72. The van der Waals surface area contributed by atoms with E-state index < -0.39 is 0 Å². The first-order valence-corrected chi connectivity index (χ1v) is 19.0. The van der Waals surface area contributed by atoms with Crippen LogP contribution in [0.1, 0.15) is 54.4 Å². The highest BCUT2D eigenvalue weighted by atomic mass is 15.2. The van der Waals surface area contributed by atoms with Crippen LogP contribution in [0, 0.1) is 0 Å². The predicted octanol–water partition coefficient (Wildman–Crippen LogP) is 13.5. The number of fused-ring (bicyclic) bond motifs is 6. The van der Waals surface area contributed by atoms with E-state index in [1.807, 2.05) is 0 Å². The molecule has 0 saturated heterocycles. The van der Waals surface area contributed by atoms with Crippen LogP contribution in [0.4, 0.5) is 28.4 Å². The van der Waals surface area contributed by atoms with Crippen LogP contribution in [-0.2, 0) is 5.41 Å². The van der Waals surface area contributed by atoms with Crippen molar-refractivity contribution in [2.75, 3.05) is 9.80 Å². The lowest BCUT2D eigenvalue weighted by atomic mass is 9.82. The summed E-state index contributed by atoms with van der Waals surface area (Å²) in [4.78, 5) is 4.93. The van der Waals surface area contributed by atoms with Gasteiger partial charge in [0.15, 0.2) is 0 Å². The second-order valence-electron chi connectivity index (χ2n) is 15.3. The monoisotopic (exact) mass is 682 g/mol. The normalized spacial score (nSPS) is 19.8. The molecule has 4 aliphatic rings. The quantitative estimate of drug-likeness (QED) is 0.173. The number of para-hydroxylation sites is 1. The molecule has 2 heteroatoms. The largest absolute Gasteiger partial charge is 0.333 e. The van der Waals surface area contributed by atoms with E-state index in [9.17, 15) is 0 Å². The van der Waals surface area contributed by atoms with Crippen molar-refractivity contribution in [1.29, 1.82) is 0 Å². The minimum absolute atomic E-state index is 0.0766. The van der Waals surface area contributed by atoms with Gasteiger partial charge in [-0.15, -0.1) is 0 Å². The molecule has 0 radical (unpaired) electrons. The molecule has 6 aromatic carbocycles. The van der Waals surface area contributed by atoms with E-state index in [1.54, 1.807) is 0 Å². The maximum absolute atomic E-state index is 2.51. The van der Waals surface area contributed by atoms with Crippen molar-refractivity contribution in [3.05, 3.63) is 210 Å². The predicted molar refractivity (Wildman–Crippen MR) is 223 cm³/mol. The number of hydrogen-bond donors (Lipinski definition) is 0. The van der Waals surface area contributed by atoms with E-state index in [0.29, 0.717) is 11.8 Å². The third kappa shape index (κ3) is 5.24. The molecule has 0 spiro atoms. The van der Waals surface area contributed by atoms with Gasteiger partial charge in [0, 0.05) is 45.7 Å². The summed E-state index contributed by atoms with van der Waals surface area (Å²) in [5, 5.41) is 0. The van der Waals surface area contributed by atoms with Crippen LogP contribution in [0.2, 0.25) is 0 Å². The molecule has 0 saturated carbocycles. The van der Waals surface area contributed by atoms with Crippen molar-refractivity contribution in [2.24, 2.45) is 0 Å². The van der Waals surface area contributed by atoms with E-state index in [0.717, 1.165) is 17.8 Å². The lowest BCUT2D eigenvalue weighted by molar-refractivity contribution is 0.660. The van der Waals surface area contributed by atoms with Crippen LogP contribution in [0.15, 0.2) is 188 Å². The summed E-state index contributed by atoms with van der Waals surface area (Å²) >= 11 is 0. The van der Waals surface area contributed by atoms with E-state index in [4.69, 9.17) is 0 Å². The molecule has 0 bridgehead atoms. The fourth-order valence-corrected chi connectivity index (χ4v) is 9.21. The molecule has 10 rings (SSSR count). The fraction of sp³-hybridized carbons (Fsp3) is 0.137. The highest BCUT2D eigenvalue weighted by Crippen LogP contribution is 2.51. The maximum Gasteiger partial charge on any atom is 0.0629 e. The molecule has 1 heterocycles. The van der Waals surface area contributed by atoms with Crippen LogP contribution in [0.25, 0.3) is 22.3 Å². The molecule has 53 heavy (non-hydrogen) atoms. The Balaban J connectivity index is 1.02. The van der Waals surface area contributed by atoms with Gasteiger partial charge in [-0.05, 0) is 106 Å². The Kier molecular flexibility index (Phi) is 7.47. The number of hydrogen-bond acceptors (Lipinski definition) is 2. The topological polar surface area (TPSA) is 6.48 Å². The van der Waals surface area contributed by atoms with Crippen LogP contribution in [0.5, 0.6) is 0 Å². The number of benzene rings is 6. The smallest absolute Gasteiger partial charge is 0.0629 e. The Morgan fingerprint density at radius 2 is 1.28 bits per heavy atom. The lowest BCUT2D eigenvalue weighted by Gasteiger charge is -2.29. The van der Waals surface area contributed by atoms with Gasteiger partial charge in [-0.1, -0.05) is 147 Å². The molecule has 2 nitrogen and oxygen atoms in total. The highest BCUT2D eigenvalue weighted by Gasteiger charge is 2.37. The third-order valence-corrected chi connectivity index (χ3v) is 11.9. The lowest BCUT2D eigenvalue weighted by Crippen LogP contribution is -2.28. The zero-order chi connectivity index (χ0) is 35.5. The summed E-state index contributed by atoms with van der Waals surface area (Å²) in [6, 6.07) is 52.5. The van der Waals surface area contributed by atoms with Crippen LogP contribution >= 0.6 is 0 Å². The van der Waals surface area contributed by atoms with Crippen molar-refractivity contribution < 1.29 is 0 Å². The first-order valence-electron chi connectivity index (χ1n) is 19.0. The number of nitrogens with zero attached hydrogens (tertiary/aromatic N) is 2. The van der Waals surface area contributed by atoms with Crippen molar-refractivity contribution in [1.82, 2.24) is 0 Å². The number of anilines is 5. The van der Waals surface area contributed by atoms with Gasteiger partial charge < -0.3 is 9.80 Å². The molecule has 256 valence electrons. The average Bonchev–Trinajstić information content (AvgIpc) is 3.67. The maximum atomic E-state index is 2.51. The summed E-state index contributed by atoms with van der Waals surface area (Å²) < 4.78 is 0. The molecule has 3 aliphatic carbocycles. The summed E-state index contributed by atoms with van der Waals surface area (Å²) in [7, 11) is 0. The standard InChI is InChI=1S/C51H42N2/c1-51(2)47-20-9-6-17-43(47)44-32-31-42(34-48(44)51)52(39-27-23-36(24-28-39)35-13-4-3-5-14-35)40-29-25-37(26-30-40)38-15-12-16-41(33-38)53-49-21-10-7-18-45(49)46-19-8-11-22-50(46)53/h3-13,15-35,45,49H,14H2,1-2H3. The van der Waals surface area contributed by atoms with Gasteiger partial charge >= 0.3 is 0 Å². The number of allylic oxidation sites excluding steroid dienone is 6. The second kappa shape index (κ2) is 12.5. The molecule has 0 N–H and O–H groups in total. The summed E-state index contributed by atoms with van der Waals surface area (Å²) in [6.07, 6.45) is 19.0. The SMILES string of the molecule is CC1(C)c2ccccc2-c2ccc(N(c3ccc(-c4cccc(N5c6ccccc6C6C=CC=CC65)c4)cc3)c3ccc(C4C=CC=CC4)cc3)cc21. The van der Waals surface area contributed by atoms with Crippen LogP contribution < -0.4 is 9.80 Å². The van der Waals surface area contributed by atoms with E-state index in [-0.39, 0.29) is 11.5 Å². The highest BCUT2D eigenvalue weighted by molar-refractivity contribution is 5.86.